The summed E-state index contributed by atoms with van der Waals surface area (Å²) in [7, 11) is -1.93. The van der Waals surface area contributed by atoms with Crippen molar-refractivity contribution in [3.05, 3.63) is 0 Å². The maximum absolute atomic E-state index is 10.9. The molecule has 8 heteroatoms. The average Bonchev–Trinajstić information content (AvgIpc) is 2.62. The van der Waals surface area contributed by atoms with E-state index < -0.39 is 16.4 Å². The van der Waals surface area contributed by atoms with Gasteiger partial charge in [0, 0.05) is 7.11 Å². The fourth-order valence-corrected chi connectivity index (χ4v) is 2.92. The van der Waals surface area contributed by atoms with E-state index in [0.29, 0.717) is 6.42 Å². The van der Waals surface area contributed by atoms with E-state index in [2.05, 4.69) is 26.0 Å². The largest absolute Gasteiger partial charge is 0.359 e. The zero-order chi connectivity index (χ0) is 14.5. The lowest BCUT2D eigenvalue weighted by molar-refractivity contribution is -0.158. The van der Waals surface area contributed by atoms with Gasteiger partial charge in [0.1, 0.15) is 12.7 Å². The minimum absolute atomic E-state index is 0.0455. The van der Waals surface area contributed by atoms with Gasteiger partial charge in [0.25, 0.3) is 10.1 Å². The molecule has 19 heavy (non-hydrogen) atoms. The van der Waals surface area contributed by atoms with Gasteiger partial charge in [0.2, 0.25) is 0 Å². The first-order chi connectivity index (χ1) is 8.89. The number of methoxy groups -OCH3 is 1. The van der Waals surface area contributed by atoms with Crippen molar-refractivity contribution in [1.82, 2.24) is 0 Å². The molecule has 1 fully saturated rings. The molecular weight excluding hydrogens is 340 g/mol. The molecule has 0 aromatic heterocycles. The van der Waals surface area contributed by atoms with Crippen molar-refractivity contribution in [3.63, 3.8) is 0 Å². The smallest absolute Gasteiger partial charge is 0.264 e. The van der Waals surface area contributed by atoms with Crippen LogP contribution in [-0.2, 0) is 28.5 Å². The molecule has 6 nitrogen and oxygen atoms in total. The number of rotatable bonds is 7. The fraction of sp³-hybridized carbons (Fsp3) is 0.818. The molecule has 0 spiro atoms. The molecule has 1 aliphatic rings. The van der Waals surface area contributed by atoms with E-state index in [1.54, 1.807) is 0 Å². The molecule has 0 unspecified atom stereocenters. The molecule has 0 amide bonds. The number of ether oxygens (including phenoxy) is 3. The normalized spacial score (nSPS) is 31.3. The molecule has 0 N–H and O–H groups in total. The predicted molar refractivity (Wildman–Crippen MR) is 72.4 cm³/mol. The molecular formula is C11H17BrO6S. The molecule has 0 radical (unpaired) electrons. The van der Waals surface area contributed by atoms with Crippen molar-refractivity contribution in [3.8, 4) is 12.3 Å². The highest BCUT2D eigenvalue weighted by molar-refractivity contribution is 9.09. The average molecular weight is 357 g/mol. The topological polar surface area (TPSA) is 71.1 Å². The van der Waals surface area contributed by atoms with Gasteiger partial charge in [-0.2, -0.15) is 8.42 Å². The first-order valence-corrected chi connectivity index (χ1v) is 8.34. The van der Waals surface area contributed by atoms with Gasteiger partial charge in [0.15, 0.2) is 6.29 Å². The van der Waals surface area contributed by atoms with Gasteiger partial charge in [-0.3, -0.25) is 4.18 Å². The van der Waals surface area contributed by atoms with E-state index >= 15 is 0 Å². The van der Waals surface area contributed by atoms with Crippen LogP contribution >= 0.6 is 15.9 Å². The van der Waals surface area contributed by atoms with Gasteiger partial charge < -0.3 is 14.2 Å². The molecule has 1 saturated heterocycles. The van der Waals surface area contributed by atoms with Gasteiger partial charge in [-0.1, -0.05) is 21.9 Å². The summed E-state index contributed by atoms with van der Waals surface area (Å²) in [6.45, 7) is 0.201. The maximum atomic E-state index is 10.9. The summed E-state index contributed by atoms with van der Waals surface area (Å²) >= 11 is 3.46. The molecule has 1 rings (SSSR count). The highest BCUT2D eigenvalue weighted by Gasteiger charge is 2.44. The SMILES string of the molecule is C#CCO[C@H]1[C@H](OC)O[C@@H](CCOS(C)(=O)=O)[C@@H]1Br. The summed E-state index contributed by atoms with van der Waals surface area (Å²) in [4.78, 5) is -0.144. The van der Waals surface area contributed by atoms with Crippen LogP contribution in [0.3, 0.4) is 0 Å². The van der Waals surface area contributed by atoms with Crippen LogP contribution < -0.4 is 0 Å². The van der Waals surface area contributed by atoms with Gasteiger partial charge >= 0.3 is 0 Å². The van der Waals surface area contributed by atoms with Crippen molar-refractivity contribution < 1.29 is 26.8 Å². The Bertz CT molecular complexity index is 417. The van der Waals surface area contributed by atoms with E-state index in [1.807, 2.05) is 0 Å². The first kappa shape index (κ1) is 16.9. The van der Waals surface area contributed by atoms with Crippen LogP contribution in [0.15, 0.2) is 0 Å². The quantitative estimate of drug-likeness (QED) is 0.376. The summed E-state index contributed by atoms with van der Waals surface area (Å²) in [5, 5.41) is 0. The van der Waals surface area contributed by atoms with Crippen LogP contribution in [0.1, 0.15) is 6.42 Å². The Balaban J connectivity index is 2.50. The lowest BCUT2D eigenvalue weighted by Gasteiger charge is -2.18. The molecule has 0 bridgehead atoms. The molecule has 4 atom stereocenters. The van der Waals surface area contributed by atoms with Crippen LogP contribution in [0.4, 0.5) is 0 Å². The van der Waals surface area contributed by atoms with Gasteiger partial charge in [-0.05, 0) is 6.42 Å². The van der Waals surface area contributed by atoms with Crippen LogP contribution in [0, 0.1) is 12.3 Å². The van der Waals surface area contributed by atoms with Crippen LogP contribution in [-0.4, -0.2) is 58.3 Å². The Labute approximate surface area is 122 Å². The Morgan fingerprint density at radius 1 is 1.47 bits per heavy atom. The summed E-state index contributed by atoms with van der Waals surface area (Å²) < 4.78 is 42.6. The van der Waals surface area contributed by atoms with E-state index in [9.17, 15) is 8.42 Å². The van der Waals surface area contributed by atoms with E-state index in [4.69, 9.17) is 20.6 Å². The minimum Gasteiger partial charge on any atom is -0.359 e. The second-order valence-corrected chi connectivity index (χ2v) is 6.72. The van der Waals surface area contributed by atoms with Gasteiger partial charge in [0.05, 0.1) is 23.8 Å². The van der Waals surface area contributed by atoms with Crippen LogP contribution in [0.25, 0.3) is 0 Å². The molecule has 0 saturated carbocycles. The molecule has 0 aromatic carbocycles. The lowest BCUT2D eigenvalue weighted by Crippen LogP contribution is -2.32. The molecule has 110 valence electrons. The zero-order valence-electron chi connectivity index (χ0n) is 10.7. The van der Waals surface area contributed by atoms with Crippen molar-refractivity contribution >= 4 is 26.0 Å². The molecule has 0 aliphatic carbocycles. The summed E-state index contributed by atoms with van der Waals surface area (Å²) in [5.41, 5.74) is 0. The second kappa shape index (κ2) is 7.57. The molecule has 1 heterocycles. The van der Waals surface area contributed by atoms with Crippen LogP contribution in [0.5, 0.6) is 0 Å². The molecule has 1 aliphatic heterocycles. The number of terminal acetylenes is 1. The monoisotopic (exact) mass is 356 g/mol. The molecule has 0 aromatic rings. The highest BCUT2D eigenvalue weighted by Crippen LogP contribution is 2.31. The third-order valence-corrected chi connectivity index (χ3v) is 4.24. The van der Waals surface area contributed by atoms with E-state index in [-0.39, 0.29) is 30.2 Å². The zero-order valence-corrected chi connectivity index (χ0v) is 13.1. The number of alkyl halides is 1. The van der Waals surface area contributed by atoms with Crippen molar-refractivity contribution in [2.45, 2.75) is 29.7 Å². The first-order valence-electron chi connectivity index (χ1n) is 5.61. The Hall–Kier alpha value is -0.170. The highest BCUT2D eigenvalue weighted by atomic mass is 79.9. The van der Waals surface area contributed by atoms with Crippen molar-refractivity contribution in [2.75, 3.05) is 26.6 Å². The third kappa shape index (κ3) is 5.38. The Kier molecular flexibility index (Phi) is 6.73. The van der Waals surface area contributed by atoms with Crippen molar-refractivity contribution in [2.24, 2.45) is 0 Å². The number of halogens is 1. The van der Waals surface area contributed by atoms with Crippen LogP contribution in [0.2, 0.25) is 0 Å². The summed E-state index contributed by atoms with van der Waals surface area (Å²) in [5.74, 6) is 2.38. The number of hydrogen-bond donors (Lipinski definition) is 0. The summed E-state index contributed by atoms with van der Waals surface area (Å²) in [6, 6.07) is 0. The maximum Gasteiger partial charge on any atom is 0.264 e. The van der Waals surface area contributed by atoms with Crippen molar-refractivity contribution in [1.29, 1.82) is 0 Å². The van der Waals surface area contributed by atoms with E-state index in [1.165, 1.54) is 7.11 Å². The predicted octanol–water partition coefficient (Wildman–Crippen LogP) is 0.506. The Morgan fingerprint density at radius 2 is 2.16 bits per heavy atom. The van der Waals surface area contributed by atoms with Gasteiger partial charge in [-0.25, -0.2) is 0 Å². The Morgan fingerprint density at radius 3 is 2.68 bits per heavy atom. The lowest BCUT2D eigenvalue weighted by atomic mass is 10.1. The fourth-order valence-electron chi connectivity index (χ4n) is 1.73. The van der Waals surface area contributed by atoms with Gasteiger partial charge in [-0.15, -0.1) is 6.42 Å². The standard InChI is InChI=1S/C11H17BrO6S/c1-4-6-16-10-9(12)8(18-11(10)15-2)5-7-17-19(3,13)14/h1,8-11H,5-7H2,2-3H3/t8-,9-,10+,11+/m0/s1. The summed E-state index contributed by atoms with van der Waals surface area (Å²) in [6.07, 6.45) is 5.40. The minimum atomic E-state index is -3.44. The van der Waals surface area contributed by atoms with E-state index in [0.717, 1.165) is 6.26 Å². The second-order valence-electron chi connectivity index (χ2n) is 4.02. The third-order valence-electron chi connectivity index (χ3n) is 2.54. The number of hydrogen-bond acceptors (Lipinski definition) is 6.